The number of carbonyl (C=O) groups is 1. The maximum atomic E-state index is 12.5. The molecule has 0 spiro atoms. The molecule has 0 aliphatic heterocycles. The highest BCUT2D eigenvalue weighted by molar-refractivity contribution is 7.14. The Balaban J connectivity index is 1.73. The second-order valence-corrected chi connectivity index (χ2v) is 7.23. The minimum absolute atomic E-state index is 0.227. The van der Waals surface area contributed by atoms with E-state index >= 15 is 0 Å². The van der Waals surface area contributed by atoms with Crippen LogP contribution in [0.25, 0.3) is 11.3 Å². The van der Waals surface area contributed by atoms with E-state index in [1.807, 2.05) is 43.7 Å². The molecule has 0 unspecified atom stereocenters. The average molecular weight is 398 g/mol. The number of nitrogens with one attached hydrogen (secondary N) is 1. The van der Waals surface area contributed by atoms with Crippen molar-refractivity contribution >= 4 is 22.4 Å². The van der Waals surface area contributed by atoms with E-state index in [-0.39, 0.29) is 5.91 Å². The van der Waals surface area contributed by atoms with Crippen molar-refractivity contribution in [1.82, 2.24) is 9.88 Å². The molecule has 3 aromatic rings. The topological polar surface area (TPSA) is 63.7 Å². The number of ether oxygens (including phenoxy) is 2. The highest BCUT2D eigenvalue weighted by Crippen LogP contribution is 2.32. The van der Waals surface area contributed by atoms with Crippen LogP contribution < -0.4 is 14.8 Å². The number of para-hydroxylation sites is 1. The quantitative estimate of drug-likeness (QED) is 0.622. The SMILES string of the molecule is COc1cccc(C(=O)Nc2nc(-c3ccccc3OCCN(C)C)cs2)c1. The maximum absolute atomic E-state index is 12.5. The van der Waals surface area contributed by atoms with E-state index in [1.165, 1.54) is 11.3 Å². The van der Waals surface area contributed by atoms with Gasteiger partial charge in [-0.1, -0.05) is 18.2 Å². The minimum atomic E-state index is -0.227. The molecule has 1 heterocycles. The van der Waals surface area contributed by atoms with Gasteiger partial charge in [-0.2, -0.15) is 0 Å². The molecule has 0 aliphatic carbocycles. The van der Waals surface area contributed by atoms with E-state index in [4.69, 9.17) is 9.47 Å². The molecule has 0 saturated carbocycles. The summed E-state index contributed by atoms with van der Waals surface area (Å²) in [6.45, 7) is 1.42. The number of carbonyl (C=O) groups excluding carboxylic acids is 1. The van der Waals surface area contributed by atoms with Crippen LogP contribution in [-0.2, 0) is 0 Å². The lowest BCUT2D eigenvalue weighted by Gasteiger charge is -2.13. The van der Waals surface area contributed by atoms with Crippen molar-refractivity contribution in [3.63, 3.8) is 0 Å². The zero-order valence-electron chi connectivity index (χ0n) is 16.1. The molecule has 7 heteroatoms. The van der Waals surface area contributed by atoms with Gasteiger partial charge in [0, 0.05) is 23.1 Å². The van der Waals surface area contributed by atoms with Crippen molar-refractivity contribution in [2.45, 2.75) is 0 Å². The summed E-state index contributed by atoms with van der Waals surface area (Å²) < 4.78 is 11.1. The van der Waals surface area contributed by atoms with Gasteiger partial charge in [0.1, 0.15) is 18.1 Å². The lowest BCUT2D eigenvalue weighted by atomic mass is 10.1. The summed E-state index contributed by atoms with van der Waals surface area (Å²) in [5.41, 5.74) is 2.19. The first kappa shape index (κ1) is 19.9. The van der Waals surface area contributed by atoms with Gasteiger partial charge in [0.2, 0.25) is 0 Å². The van der Waals surface area contributed by atoms with Gasteiger partial charge in [-0.15, -0.1) is 11.3 Å². The molecule has 0 fully saturated rings. The molecule has 1 N–H and O–H groups in total. The van der Waals surface area contributed by atoms with Gasteiger partial charge in [0.15, 0.2) is 5.13 Å². The van der Waals surface area contributed by atoms with Crippen molar-refractivity contribution in [2.24, 2.45) is 0 Å². The van der Waals surface area contributed by atoms with Crippen molar-refractivity contribution in [3.05, 3.63) is 59.5 Å². The Labute approximate surface area is 168 Å². The maximum Gasteiger partial charge on any atom is 0.257 e. The monoisotopic (exact) mass is 397 g/mol. The molecule has 3 rings (SSSR count). The number of anilines is 1. The lowest BCUT2D eigenvalue weighted by molar-refractivity contribution is 0.102. The summed E-state index contributed by atoms with van der Waals surface area (Å²) in [5.74, 6) is 1.19. The van der Waals surface area contributed by atoms with Crippen molar-refractivity contribution in [3.8, 4) is 22.8 Å². The molecular weight excluding hydrogens is 374 g/mol. The van der Waals surface area contributed by atoms with Gasteiger partial charge in [-0.05, 0) is 44.4 Å². The first-order valence-corrected chi connectivity index (χ1v) is 9.72. The molecule has 1 amide bonds. The molecule has 0 saturated heterocycles. The number of hydrogen-bond acceptors (Lipinski definition) is 6. The molecular formula is C21H23N3O3S. The molecule has 6 nitrogen and oxygen atoms in total. The lowest BCUT2D eigenvalue weighted by Crippen LogP contribution is -2.19. The number of rotatable bonds is 8. The van der Waals surface area contributed by atoms with E-state index in [9.17, 15) is 4.79 Å². The van der Waals surface area contributed by atoms with Crippen molar-refractivity contribution < 1.29 is 14.3 Å². The standard InChI is InChI=1S/C21H23N3O3S/c1-24(2)11-12-27-19-10-5-4-9-17(19)18-14-28-21(22-18)23-20(25)15-7-6-8-16(13-15)26-3/h4-10,13-14H,11-12H2,1-3H3,(H,22,23,25). The van der Waals surface area contributed by atoms with Crippen LogP contribution in [0.4, 0.5) is 5.13 Å². The van der Waals surface area contributed by atoms with Gasteiger partial charge in [0.05, 0.1) is 12.8 Å². The van der Waals surface area contributed by atoms with Gasteiger partial charge < -0.3 is 14.4 Å². The molecule has 146 valence electrons. The number of aromatic nitrogens is 1. The van der Waals surface area contributed by atoms with E-state index in [2.05, 4.69) is 15.2 Å². The van der Waals surface area contributed by atoms with Gasteiger partial charge in [-0.25, -0.2) is 4.98 Å². The highest BCUT2D eigenvalue weighted by Gasteiger charge is 2.13. The summed E-state index contributed by atoms with van der Waals surface area (Å²) in [6.07, 6.45) is 0. The summed E-state index contributed by atoms with van der Waals surface area (Å²) >= 11 is 1.38. The predicted octanol–water partition coefficient (Wildman–Crippen LogP) is 4.01. The molecule has 0 bridgehead atoms. The van der Waals surface area contributed by atoms with Gasteiger partial charge in [0.25, 0.3) is 5.91 Å². The third kappa shape index (κ3) is 5.09. The molecule has 0 atom stereocenters. The van der Waals surface area contributed by atoms with Crippen LogP contribution in [0.1, 0.15) is 10.4 Å². The van der Waals surface area contributed by atoms with Gasteiger partial charge >= 0.3 is 0 Å². The fourth-order valence-corrected chi connectivity index (χ4v) is 3.24. The highest BCUT2D eigenvalue weighted by atomic mass is 32.1. The van der Waals surface area contributed by atoms with Crippen LogP contribution in [0.5, 0.6) is 11.5 Å². The zero-order chi connectivity index (χ0) is 19.9. The van der Waals surface area contributed by atoms with E-state index < -0.39 is 0 Å². The van der Waals surface area contributed by atoms with Crippen molar-refractivity contribution in [2.75, 3.05) is 39.7 Å². The summed E-state index contributed by atoms with van der Waals surface area (Å²) in [7, 11) is 5.59. The Morgan fingerprint density at radius 3 is 2.79 bits per heavy atom. The first-order chi connectivity index (χ1) is 13.6. The minimum Gasteiger partial charge on any atom is -0.497 e. The fraction of sp³-hybridized carbons (Fsp3) is 0.238. The number of nitrogens with zero attached hydrogens (tertiary/aromatic N) is 2. The third-order valence-electron chi connectivity index (χ3n) is 4.02. The normalized spacial score (nSPS) is 10.7. The van der Waals surface area contributed by atoms with Crippen molar-refractivity contribution in [1.29, 1.82) is 0 Å². The van der Waals surface area contributed by atoms with Gasteiger partial charge in [-0.3, -0.25) is 10.1 Å². The zero-order valence-corrected chi connectivity index (χ0v) is 17.0. The van der Waals surface area contributed by atoms with Crippen LogP contribution in [0, 0.1) is 0 Å². The molecule has 28 heavy (non-hydrogen) atoms. The van der Waals surface area contributed by atoms with Crippen LogP contribution in [0.2, 0.25) is 0 Å². The fourth-order valence-electron chi connectivity index (χ4n) is 2.53. The van der Waals surface area contributed by atoms with Crippen LogP contribution in [0.3, 0.4) is 0 Å². The van der Waals surface area contributed by atoms with E-state index in [0.29, 0.717) is 23.1 Å². The van der Waals surface area contributed by atoms with E-state index in [0.717, 1.165) is 23.6 Å². The number of likely N-dealkylation sites (N-methyl/N-ethyl adjacent to an activating group) is 1. The Hall–Kier alpha value is -2.90. The Kier molecular flexibility index (Phi) is 6.62. The Bertz CT molecular complexity index is 940. The smallest absolute Gasteiger partial charge is 0.257 e. The third-order valence-corrected chi connectivity index (χ3v) is 4.77. The number of amides is 1. The summed E-state index contributed by atoms with van der Waals surface area (Å²) in [4.78, 5) is 19.1. The first-order valence-electron chi connectivity index (χ1n) is 8.84. The number of methoxy groups -OCH3 is 1. The van der Waals surface area contributed by atoms with Crippen LogP contribution in [-0.4, -0.2) is 50.1 Å². The molecule has 1 aromatic heterocycles. The second kappa shape index (κ2) is 9.34. The largest absolute Gasteiger partial charge is 0.497 e. The molecule has 0 radical (unpaired) electrons. The summed E-state index contributed by atoms with van der Waals surface area (Å²) in [6, 6.07) is 14.8. The van der Waals surface area contributed by atoms with Crippen LogP contribution >= 0.6 is 11.3 Å². The second-order valence-electron chi connectivity index (χ2n) is 6.37. The number of thiazole rings is 1. The molecule has 0 aliphatic rings. The molecule has 2 aromatic carbocycles. The number of benzene rings is 2. The predicted molar refractivity (Wildman–Crippen MR) is 113 cm³/mol. The van der Waals surface area contributed by atoms with E-state index in [1.54, 1.807) is 31.4 Å². The Morgan fingerprint density at radius 2 is 2.00 bits per heavy atom. The number of hydrogen-bond donors (Lipinski definition) is 1. The summed E-state index contributed by atoms with van der Waals surface area (Å²) in [5, 5.41) is 5.29. The average Bonchev–Trinajstić information content (AvgIpc) is 3.16. The Morgan fingerprint density at radius 1 is 1.18 bits per heavy atom. The van der Waals surface area contributed by atoms with Crippen LogP contribution in [0.15, 0.2) is 53.9 Å².